The van der Waals surface area contributed by atoms with Crippen molar-refractivity contribution < 1.29 is 4.74 Å². The van der Waals surface area contributed by atoms with Gasteiger partial charge in [0.25, 0.3) is 0 Å². The third-order valence-electron chi connectivity index (χ3n) is 4.20. The third-order valence-corrected chi connectivity index (χ3v) is 4.20. The van der Waals surface area contributed by atoms with Gasteiger partial charge in [-0.3, -0.25) is 4.90 Å². The summed E-state index contributed by atoms with van der Waals surface area (Å²) in [6, 6.07) is 15.3. The molecular formula is C18H22N2O. The van der Waals surface area contributed by atoms with Gasteiger partial charge in [0.2, 0.25) is 5.88 Å². The van der Waals surface area contributed by atoms with Crippen molar-refractivity contribution in [2.75, 3.05) is 13.7 Å². The van der Waals surface area contributed by atoms with E-state index in [0.717, 1.165) is 19.0 Å². The van der Waals surface area contributed by atoms with E-state index >= 15 is 0 Å². The fraction of sp³-hybridized carbons (Fsp3) is 0.389. The second-order valence-corrected chi connectivity index (χ2v) is 5.57. The molecule has 2 aromatic rings. The van der Waals surface area contributed by atoms with Crippen molar-refractivity contribution in [3.05, 3.63) is 59.8 Å². The van der Waals surface area contributed by atoms with E-state index in [0.29, 0.717) is 6.04 Å². The number of aromatic nitrogens is 1. The first kappa shape index (κ1) is 14.1. The molecular weight excluding hydrogens is 260 g/mol. The Balaban J connectivity index is 1.84. The Morgan fingerprint density at radius 1 is 1.14 bits per heavy atom. The molecule has 0 spiro atoms. The van der Waals surface area contributed by atoms with Crippen LogP contribution < -0.4 is 4.74 Å². The second kappa shape index (κ2) is 6.72. The molecule has 1 aliphatic heterocycles. The van der Waals surface area contributed by atoms with Crippen LogP contribution in [0.1, 0.15) is 36.4 Å². The molecule has 3 rings (SSSR count). The highest BCUT2D eigenvalue weighted by molar-refractivity contribution is 5.29. The molecule has 0 N–H and O–H groups in total. The average Bonchev–Trinajstić information content (AvgIpc) is 2.56. The molecule has 1 aliphatic rings. The lowest BCUT2D eigenvalue weighted by molar-refractivity contribution is 0.137. The topological polar surface area (TPSA) is 25.4 Å². The summed E-state index contributed by atoms with van der Waals surface area (Å²) in [6.45, 7) is 2.13. The van der Waals surface area contributed by atoms with Gasteiger partial charge < -0.3 is 4.74 Å². The van der Waals surface area contributed by atoms with E-state index in [-0.39, 0.29) is 0 Å². The standard InChI is InChI=1S/C18H22N2O/c1-21-18-16(10-7-12-19-18)17-11-5-6-13-20(17)14-15-8-3-2-4-9-15/h2-4,7-10,12,17H,5-6,11,13-14H2,1H3/t17-/m0/s1. The molecule has 110 valence electrons. The Hall–Kier alpha value is -1.87. The van der Waals surface area contributed by atoms with Crippen LogP contribution in [0.15, 0.2) is 48.7 Å². The van der Waals surface area contributed by atoms with Gasteiger partial charge in [0.1, 0.15) is 0 Å². The Morgan fingerprint density at radius 3 is 2.81 bits per heavy atom. The molecule has 0 saturated carbocycles. The number of benzene rings is 1. The van der Waals surface area contributed by atoms with E-state index in [2.05, 4.69) is 46.3 Å². The molecule has 3 heteroatoms. The summed E-state index contributed by atoms with van der Waals surface area (Å²) in [5, 5.41) is 0. The lowest BCUT2D eigenvalue weighted by Gasteiger charge is -2.36. The average molecular weight is 282 g/mol. The Labute approximate surface area is 126 Å². The molecule has 0 unspecified atom stereocenters. The smallest absolute Gasteiger partial charge is 0.217 e. The zero-order chi connectivity index (χ0) is 14.5. The van der Waals surface area contributed by atoms with Gasteiger partial charge in [-0.2, -0.15) is 0 Å². The van der Waals surface area contributed by atoms with Gasteiger partial charge in [0.05, 0.1) is 7.11 Å². The molecule has 0 aliphatic carbocycles. The number of hydrogen-bond acceptors (Lipinski definition) is 3. The van der Waals surface area contributed by atoms with Gasteiger partial charge in [0, 0.05) is 24.3 Å². The number of pyridine rings is 1. The minimum Gasteiger partial charge on any atom is -0.481 e. The van der Waals surface area contributed by atoms with Crippen molar-refractivity contribution in [1.82, 2.24) is 9.88 Å². The molecule has 2 heterocycles. The van der Waals surface area contributed by atoms with E-state index in [4.69, 9.17) is 4.74 Å². The highest BCUT2D eigenvalue weighted by atomic mass is 16.5. The van der Waals surface area contributed by atoms with Crippen LogP contribution in [0.2, 0.25) is 0 Å². The molecule has 0 radical (unpaired) electrons. The fourth-order valence-electron chi connectivity index (χ4n) is 3.18. The van der Waals surface area contributed by atoms with Crippen molar-refractivity contribution in [3.63, 3.8) is 0 Å². The Kier molecular flexibility index (Phi) is 4.51. The van der Waals surface area contributed by atoms with Crippen molar-refractivity contribution in [2.24, 2.45) is 0 Å². The summed E-state index contributed by atoms with van der Waals surface area (Å²) in [5.74, 6) is 0.766. The van der Waals surface area contributed by atoms with E-state index < -0.39 is 0 Å². The zero-order valence-electron chi connectivity index (χ0n) is 12.5. The quantitative estimate of drug-likeness (QED) is 0.852. The fourth-order valence-corrected chi connectivity index (χ4v) is 3.18. The minimum atomic E-state index is 0.405. The summed E-state index contributed by atoms with van der Waals surface area (Å²) >= 11 is 0. The predicted molar refractivity (Wildman–Crippen MR) is 84.2 cm³/mol. The van der Waals surface area contributed by atoms with Crippen molar-refractivity contribution >= 4 is 0 Å². The van der Waals surface area contributed by atoms with Crippen LogP contribution >= 0.6 is 0 Å². The van der Waals surface area contributed by atoms with Crippen LogP contribution in [0, 0.1) is 0 Å². The second-order valence-electron chi connectivity index (χ2n) is 5.57. The maximum Gasteiger partial charge on any atom is 0.217 e. The predicted octanol–water partition coefficient (Wildman–Crippen LogP) is 3.82. The van der Waals surface area contributed by atoms with Gasteiger partial charge in [-0.05, 0) is 31.0 Å². The molecule has 1 saturated heterocycles. The summed E-state index contributed by atoms with van der Waals surface area (Å²) in [6.07, 6.45) is 5.52. The first-order valence-electron chi connectivity index (χ1n) is 7.65. The first-order chi connectivity index (χ1) is 10.4. The number of ether oxygens (including phenoxy) is 1. The Bertz CT molecular complexity index is 570. The van der Waals surface area contributed by atoms with Crippen LogP contribution in [0.25, 0.3) is 0 Å². The third kappa shape index (κ3) is 3.24. The molecule has 3 nitrogen and oxygen atoms in total. The lowest BCUT2D eigenvalue weighted by atomic mass is 9.95. The van der Waals surface area contributed by atoms with E-state index in [9.17, 15) is 0 Å². The number of methoxy groups -OCH3 is 1. The largest absolute Gasteiger partial charge is 0.481 e. The number of nitrogens with zero attached hydrogens (tertiary/aromatic N) is 2. The maximum atomic E-state index is 5.46. The number of hydrogen-bond donors (Lipinski definition) is 0. The molecule has 0 amide bonds. The van der Waals surface area contributed by atoms with Gasteiger partial charge in [-0.15, -0.1) is 0 Å². The zero-order valence-corrected chi connectivity index (χ0v) is 12.5. The minimum absolute atomic E-state index is 0.405. The first-order valence-corrected chi connectivity index (χ1v) is 7.65. The van der Waals surface area contributed by atoms with Gasteiger partial charge in [0.15, 0.2) is 0 Å². The lowest BCUT2D eigenvalue weighted by Crippen LogP contribution is -2.33. The van der Waals surface area contributed by atoms with Crippen LogP contribution in [-0.2, 0) is 6.54 Å². The molecule has 1 aromatic carbocycles. The number of piperidine rings is 1. The van der Waals surface area contributed by atoms with Crippen LogP contribution in [0.3, 0.4) is 0 Å². The molecule has 1 fully saturated rings. The summed E-state index contributed by atoms with van der Waals surface area (Å²) in [7, 11) is 1.70. The molecule has 1 aromatic heterocycles. The highest BCUT2D eigenvalue weighted by Gasteiger charge is 2.26. The van der Waals surface area contributed by atoms with E-state index in [1.54, 1.807) is 13.3 Å². The van der Waals surface area contributed by atoms with Crippen LogP contribution in [0.5, 0.6) is 5.88 Å². The maximum absolute atomic E-state index is 5.46. The number of likely N-dealkylation sites (tertiary alicyclic amines) is 1. The van der Waals surface area contributed by atoms with Crippen molar-refractivity contribution in [2.45, 2.75) is 31.8 Å². The molecule has 0 bridgehead atoms. The highest BCUT2D eigenvalue weighted by Crippen LogP contribution is 2.35. The normalized spacial score (nSPS) is 19.4. The van der Waals surface area contributed by atoms with E-state index in [1.807, 2.05) is 6.07 Å². The SMILES string of the molecule is COc1ncccc1[C@@H]1CCCCN1Cc1ccccc1. The van der Waals surface area contributed by atoms with Gasteiger partial charge >= 0.3 is 0 Å². The monoisotopic (exact) mass is 282 g/mol. The van der Waals surface area contributed by atoms with E-state index in [1.165, 1.54) is 30.4 Å². The van der Waals surface area contributed by atoms with Crippen molar-refractivity contribution in [3.8, 4) is 5.88 Å². The molecule has 1 atom stereocenters. The van der Waals surface area contributed by atoms with Crippen LogP contribution in [-0.4, -0.2) is 23.5 Å². The molecule has 21 heavy (non-hydrogen) atoms. The summed E-state index contributed by atoms with van der Waals surface area (Å²) < 4.78 is 5.46. The van der Waals surface area contributed by atoms with Gasteiger partial charge in [-0.25, -0.2) is 4.98 Å². The van der Waals surface area contributed by atoms with Gasteiger partial charge in [-0.1, -0.05) is 42.8 Å². The summed E-state index contributed by atoms with van der Waals surface area (Å²) in [4.78, 5) is 6.92. The van der Waals surface area contributed by atoms with Crippen LogP contribution in [0.4, 0.5) is 0 Å². The van der Waals surface area contributed by atoms with Crippen molar-refractivity contribution in [1.29, 1.82) is 0 Å². The Morgan fingerprint density at radius 2 is 2.00 bits per heavy atom. The number of rotatable bonds is 4. The summed E-state index contributed by atoms with van der Waals surface area (Å²) in [5.41, 5.74) is 2.59.